The number of benzene rings is 3. The van der Waals surface area contributed by atoms with E-state index >= 15 is 0 Å². The number of aromatic amines is 1. The molecule has 0 saturated heterocycles. The minimum Gasteiger partial charge on any atom is -0.322 e. The molecule has 9 heteroatoms. The quantitative estimate of drug-likeness (QED) is 0.449. The zero-order valence-corrected chi connectivity index (χ0v) is 17.5. The van der Waals surface area contributed by atoms with Gasteiger partial charge >= 0.3 is 11.8 Å². The Morgan fingerprint density at radius 3 is 2.61 bits per heavy atom. The third-order valence-electron chi connectivity index (χ3n) is 5.10. The number of aryl methyl sites for hydroxylation is 1. The second kappa shape index (κ2) is 8.39. The van der Waals surface area contributed by atoms with Crippen LogP contribution in [-0.2, 0) is 6.18 Å². The van der Waals surface area contributed by atoms with Gasteiger partial charge < -0.3 is 5.32 Å². The topological polar surface area (TPSA) is 71.3 Å². The summed E-state index contributed by atoms with van der Waals surface area (Å²) in [6.07, 6.45) is -1.78. The first kappa shape index (κ1) is 22.0. The number of nitrogens with one attached hydrogen (secondary N) is 2. The highest BCUT2D eigenvalue weighted by molar-refractivity contribution is 6.05. The zero-order chi connectivity index (χ0) is 23.8. The molecule has 0 radical (unpaired) electrons. The molecule has 0 atom stereocenters. The van der Waals surface area contributed by atoms with Crippen molar-refractivity contribution in [1.29, 1.82) is 0 Å². The van der Waals surface area contributed by atoms with Gasteiger partial charge in [-0.1, -0.05) is 12.1 Å². The summed E-state index contributed by atoms with van der Waals surface area (Å²) < 4.78 is 53.0. The first-order valence-electron chi connectivity index (χ1n) is 9.79. The smallest absolute Gasteiger partial charge is 0.322 e. The predicted molar refractivity (Wildman–Crippen MR) is 114 cm³/mol. The lowest BCUT2D eigenvalue weighted by molar-refractivity contribution is -0.323. The number of aromatic nitrogens is 2. The Morgan fingerprint density at radius 1 is 1.09 bits per heavy atom. The number of hydrogen-bond acceptors (Lipinski definition) is 2. The van der Waals surface area contributed by atoms with Crippen LogP contribution in [0.15, 0.2) is 59.6 Å². The lowest BCUT2D eigenvalue weighted by Gasteiger charge is -2.12. The molecule has 33 heavy (non-hydrogen) atoms. The molecule has 0 saturated carbocycles. The number of hydrogen-bond donors (Lipinski definition) is 2. The molecule has 0 fully saturated rings. The van der Waals surface area contributed by atoms with Crippen molar-refractivity contribution < 1.29 is 27.3 Å². The van der Waals surface area contributed by atoms with Gasteiger partial charge in [0, 0.05) is 5.69 Å². The fraction of sp³-hybridized carbons (Fsp3) is 0.125. The molecule has 0 aliphatic carbocycles. The Hall–Kier alpha value is -4.19. The summed E-state index contributed by atoms with van der Waals surface area (Å²) in [7, 11) is 1.61. The van der Waals surface area contributed by atoms with Crippen LogP contribution in [0.4, 0.5) is 23.2 Å². The maximum absolute atomic E-state index is 14.1. The van der Waals surface area contributed by atoms with Crippen LogP contribution in [0.5, 0.6) is 0 Å². The van der Waals surface area contributed by atoms with Gasteiger partial charge in [-0.3, -0.25) is 4.79 Å². The number of alkyl halides is 3. The fourth-order valence-electron chi connectivity index (χ4n) is 3.37. The number of carbonyl (C=O) groups is 1. The van der Waals surface area contributed by atoms with E-state index in [-0.39, 0.29) is 0 Å². The summed E-state index contributed by atoms with van der Waals surface area (Å²) in [4.78, 5) is 23.7. The number of anilines is 1. The fourth-order valence-corrected chi connectivity index (χ4v) is 3.37. The average molecular weight is 453 g/mol. The Kier molecular flexibility index (Phi) is 5.60. The van der Waals surface area contributed by atoms with Crippen LogP contribution >= 0.6 is 0 Å². The summed E-state index contributed by atoms with van der Waals surface area (Å²) in [5.74, 6) is -2.02. The van der Waals surface area contributed by atoms with Crippen molar-refractivity contribution in [3.05, 3.63) is 88.9 Å². The van der Waals surface area contributed by atoms with Crippen molar-refractivity contribution in [2.45, 2.75) is 13.1 Å². The van der Waals surface area contributed by atoms with Crippen molar-refractivity contribution in [1.82, 2.24) is 4.98 Å². The molecule has 1 aromatic heterocycles. The highest BCUT2D eigenvalue weighted by Gasteiger charge is 2.32. The molecule has 5 nitrogen and oxygen atoms in total. The zero-order valence-electron chi connectivity index (χ0n) is 17.5. The summed E-state index contributed by atoms with van der Waals surface area (Å²) in [6.45, 7) is 1.88. The summed E-state index contributed by atoms with van der Waals surface area (Å²) in [5.41, 5.74) is 2.24. The molecule has 0 spiro atoms. The van der Waals surface area contributed by atoms with E-state index in [0.717, 1.165) is 27.6 Å². The van der Waals surface area contributed by atoms with Crippen LogP contribution in [0.2, 0.25) is 0 Å². The Balaban J connectivity index is 1.67. The van der Waals surface area contributed by atoms with E-state index in [9.17, 15) is 22.4 Å². The number of carbonyl (C=O) groups excluding carboxylic acids is 1. The Bertz CT molecular complexity index is 1440. The minimum atomic E-state index is -4.69. The first-order valence-corrected chi connectivity index (χ1v) is 9.79. The molecule has 0 aliphatic heterocycles. The normalized spacial score (nSPS) is 12.0. The second-order valence-electron chi connectivity index (χ2n) is 7.33. The van der Waals surface area contributed by atoms with Gasteiger partial charge in [0.2, 0.25) is 0 Å². The molecule has 4 aromatic rings. The van der Waals surface area contributed by atoms with Crippen LogP contribution in [0.25, 0.3) is 22.0 Å². The number of nitrogens with zero attached hydrogens (tertiary/aromatic N) is 2. The highest BCUT2D eigenvalue weighted by Crippen LogP contribution is 2.31. The summed E-state index contributed by atoms with van der Waals surface area (Å²) in [5, 5.41) is 3.20. The van der Waals surface area contributed by atoms with Gasteiger partial charge in [0.15, 0.2) is 6.20 Å². The van der Waals surface area contributed by atoms with Gasteiger partial charge in [-0.15, -0.1) is 4.99 Å². The van der Waals surface area contributed by atoms with Gasteiger partial charge in [-0.05, 0) is 66.1 Å². The molecule has 166 valence electrons. The van der Waals surface area contributed by atoms with Crippen LogP contribution < -0.4 is 15.9 Å². The summed E-state index contributed by atoms with van der Waals surface area (Å²) in [6, 6.07) is 12.3. The summed E-state index contributed by atoms with van der Waals surface area (Å²) >= 11 is 0. The predicted octanol–water partition coefficient (Wildman–Crippen LogP) is 4.48. The number of rotatable bonds is 3. The third kappa shape index (κ3) is 4.55. The van der Waals surface area contributed by atoms with E-state index in [1.54, 1.807) is 25.2 Å². The molecule has 1 amide bonds. The lowest BCUT2D eigenvalue weighted by Crippen LogP contribution is -2.24. The van der Waals surface area contributed by atoms with E-state index in [0.29, 0.717) is 29.5 Å². The average Bonchev–Trinajstić information content (AvgIpc) is 2.79. The van der Waals surface area contributed by atoms with Gasteiger partial charge in [0.1, 0.15) is 16.7 Å². The monoisotopic (exact) mass is 453 g/mol. The van der Waals surface area contributed by atoms with Crippen LogP contribution in [-0.4, -0.2) is 17.9 Å². The van der Waals surface area contributed by atoms with Crippen molar-refractivity contribution in [3.8, 4) is 11.1 Å². The molecule has 4 rings (SSSR count). The highest BCUT2D eigenvalue weighted by atomic mass is 19.4. The second-order valence-corrected chi connectivity index (χ2v) is 7.33. The maximum atomic E-state index is 14.1. The van der Waals surface area contributed by atoms with Gasteiger partial charge in [0.05, 0.1) is 18.2 Å². The van der Waals surface area contributed by atoms with Gasteiger partial charge in [0.25, 0.3) is 5.91 Å². The maximum Gasteiger partial charge on any atom is 0.488 e. The van der Waals surface area contributed by atoms with E-state index in [2.05, 4.69) is 26.5 Å². The molecular formula is C24H17F4N4O+. The largest absolute Gasteiger partial charge is 0.488 e. The minimum absolute atomic E-state index is 0.311. The SMILES string of the molecule is CN=c1[n+]#cc2cc(-c3cc(NC(=O)c4cc(C(F)(F)F)ccc4F)ccc3C)ccc2[nH]1. The number of fused-ring (bicyclic) bond motifs is 1. The number of H-pyrrole nitrogens is 1. The van der Waals surface area contributed by atoms with Gasteiger partial charge in [-0.2, -0.15) is 18.2 Å². The molecule has 3 aromatic carbocycles. The van der Waals surface area contributed by atoms with Crippen molar-refractivity contribution in [3.63, 3.8) is 0 Å². The molecule has 0 unspecified atom stereocenters. The molecular weight excluding hydrogens is 436 g/mol. The molecule has 2 N–H and O–H groups in total. The van der Waals surface area contributed by atoms with Crippen LogP contribution in [0.1, 0.15) is 21.5 Å². The van der Waals surface area contributed by atoms with Gasteiger partial charge in [-0.25, -0.2) is 9.37 Å². The number of halogens is 4. The van der Waals surface area contributed by atoms with E-state index < -0.39 is 29.0 Å². The number of amides is 1. The lowest BCUT2D eigenvalue weighted by atomic mass is 9.98. The van der Waals surface area contributed by atoms with Crippen LogP contribution in [0.3, 0.4) is 0 Å². The van der Waals surface area contributed by atoms with Crippen molar-refractivity contribution >= 4 is 22.5 Å². The standard InChI is InChI=1S/C24H16F4N4O/c1-13-3-6-17(31-22(33)19-10-16(24(26,27)28)5-7-20(19)25)11-18(13)14-4-8-21-15(9-14)12-30-23(29-2)32-21/h3-11H,1-2H3,(H,31,33)/p+1. The Morgan fingerprint density at radius 2 is 1.88 bits per heavy atom. The molecule has 1 heterocycles. The molecule has 0 bridgehead atoms. The van der Waals surface area contributed by atoms with E-state index in [1.165, 1.54) is 0 Å². The van der Waals surface area contributed by atoms with E-state index in [4.69, 9.17) is 0 Å². The van der Waals surface area contributed by atoms with E-state index in [1.807, 2.05) is 25.1 Å². The van der Waals surface area contributed by atoms with Crippen LogP contribution in [0, 0.1) is 18.9 Å². The van der Waals surface area contributed by atoms with Crippen molar-refractivity contribution in [2.24, 2.45) is 4.99 Å². The first-order chi connectivity index (χ1) is 15.7. The molecule has 0 aliphatic rings. The van der Waals surface area contributed by atoms with Crippen molar-refractivity contribution in [2.75, 3.05) is 12.4 Å². The Labute approximate surface area is 185 Å². The third-order valence-corrected chi connectivity index (χ3v) is 5.10.